The lowest BCUT2D eigenvalue weighted by Gasteiger charge is -2.11. The Bertz CT molecular complexity index is 326. The van der Waals surface area contributed by atoms with E-state index < -0.39 is 0 Å². The highest BCUT2D eigenvalue weighted by Gasteiger charge is 2.10. The molecule has 76 valence electrons. The maximum Gasteiger partial charge on any atom is 0.253 e. The van der Waals surface area contributed by atoms with Gasteiger partial charge >= 0.3 is 0 Å². The van der Waals surface area contributed by atoms with Crippen molar-refractivity contribution in [3.05, 3.63) is 29.8 Å². The van der Waals surface area contributed by atoms with Crippen LogP contribution in [0.4, 0.5) is 5.69 Å². The summed E-state index contributed by atoms with van der Waals surface area (Å²) in [5.41, 5.74) is 6.49. The van der Waals surface area contributed by atoms with Crippen molar-refractivity contribution in [2.24, 2.45) is 0 Å². The van der Waals surface area contributed by atoms with E-state index in [1.54, 1.807) is 31.2 Å². The summed E-state index contributed by atoms with van der Waals surface area (Å²) in [6.45, 7) is 1.63. The predicted octanol–water partition coefficient (Wildman–Crippen LogP) is 0.379. The number of amides is 1. The van der Waals surface area contributed by atoms with E-state index in [1.165, 1.54) is 0 Å². The summed E-state index contributed by atoms with van der Waals surface area (Å²) in [6.07, 6.45) is 0. The number of nitrogens with one attached hydrogen (secondary N) is 1. The standard InChI is InChI=1S/C10H14N2O2/c1-7(6-13)12-10(14)8-4-2-3-5-9(8)11/h2-5,7,13H,6,11H2,1H3,(H,12,14)/t7-/m1/s1. The summed E-state index contributed by atoms with van der Waals surface area (Å²) in [5.74, 6) is -0.260. The van der Waals surface area contributed by atoms with E-state index in [0.717, 1.165) is 0 Å². The van der Waals surface area contributed by atoms with Gasteiger partial charge < -0.3 is 16.2 Å². The molecule has 1 atom stereocenters. The SMILES string of the molecule is C[C@H](CO)NC(=O)c1ccccc1N. The molecule has 0 bridgehead atoms. The van der Waals surface area contributed by atoms with Gasteiger partial charge in [-0.15, -0.1) is 0 Å². The van der Waals surface area contributed by atoms with Gasteiger partial charge in [-0.1, -0.05) is 12.1 Å². The third-order valence-corrected chi connectivity index (χ3v) is 1.86. The number of rotatable bonds is 3. The van der Waals surface area contributed by atoms with Crippen LogP contribution in [0.2, 0.25) is 0 Å². The van der Waals surface area contributed by atoms with Gasteiger partial charge in [-0.2, -0.15) is 0 Å². The average Bonchev–Trinajstić information content (AvgIpc) is 2.18. The third-order valence-electron chi connectivity index (χ3n) is 1.86. The number of aliphatic hydroxyl groups excluding tert-OH is 1. The van der Waals surface area contributed by atoms with Gasteiger partial charge in [0.05, 0.1) is 12.2 Å². The largest absolute Gasteiger partial charge is 0.398 e. The van der Waals surface area contributed by atoms with E-state index in [1.807, 2.05) is 0 Å². The molecular weight excluding hydrogens is 180 g/mol. The number of aliphatic hydroxyl groups is 1. The summed E-state index contributed by atoms with van der Waals surface area (Å²) in [5, 5.41) is 11.4. The summed E-state index contributed by atoms with van der Waals surface area (Å²) in [4.78, 5) is 11.5. The highest BCUT2D eigenvalue weighted by atomic mass is 16.3. The van der Waals surface area contributed by atoms with E-state index in [-0.39, 0.29) is 18.6 Å². The van der Waals surface area contributed by atoms with Gasteiger partial charge in [0.1, 0.15) is 0 Å². The Hall–Kier alpha value is -1.55. The molecule has 14 heavy (non-hydrogen) atoms. The second-order valence-corrected chi connectivity index (χ2v) is 3.14. The Kier molecular flexibility index (Phi) is 3.48. The molecule has 0 radical (unpaired) electrons. The molecule has 0 aromatic heterocycles. The molecule has 0 saturated carbocycles. The number of anilines is 1. The lowest BCUT2D eigenvalue weighted by molar-refractivity contribution is 0.0923. The fraction of sp³-hybridized carbons (Fsp3) is 0.300. The summed E-state index contributed by atoms with van der Waals surface area (Å²) < 4.78 is 0. The molecule has 1 rings (SSSR count). The quantitative estimate of drug-likeness (QED) is 0.609. The molecule has 0 aliphatic heterocycles. The molecule has 0 aliphatic rings. The average molecular weight is 194 g/mol. The summed E-state index contributed by atoms with van der Waals surface area (Å²) >= 11 is 0. The number of carbonyl (C=O) groups is 1. The maximum atomic E-state index is 11.5. The second kappa shape index (κ2) is 4.62. The molecule has 4 nitrogen and oxygen atoms in total. The molecule has 0 saturated heterocycles. The molecule has 4 N–H and O–H groups in total. The number of para-hydroxylation sites is 1. The van der Waals surface area contributed by atoms with Gasteiger partial charge in [0.2, 0.25) is 0 Å². The first-order chi connectivity index (χ1) is 6.65. The van der Waals surface area contributed by atoms with Crippen molar-refractivity contribution >= 4 is 11.6 Å². The molecule has 1 amide bonds. The van der Waals surface area contributed by atoms with Crippen molar-refractivity contribution in [2.45, 2.75) is 13.0 Å². The number of nitrogen functional groups attached to an aromatic ring is 1. The molecule has 1 aromatic rings. The third kappa shape index (κ3) is 2.47. The number of benzene rings is 1. The van der Waals surface area contributed by atoms with E-state index >= 15 is 0 Å². The zero-order valence-electron chi connectivity index (χ0n) is 8.03. The van der Waals surface area contributed by atoms with Crippen molar-refractivity contribution in [1.82, 2.24) is 5.32 Å². The fourth-order valence-corrected chi connectivity index (χ4v) is 1.05. The second-order valence-electron chi connectivity index (χ2n) is 3.14. The maximum absolute atomic E-state index is 11.5. The van der Waals surface area contributed by atoms with Crippen molar-refractivity contribution in [2.75, 3.05) is 12.3 Å². The molecule has 0 fully saturated rings. The monoisotopic (exact) mass is 194 g/mol. The molecule has 4 heteroatoms. The van der Waals surface area contributed by atoms with Crippen LogP contribution in [0.1, 0.15) is 17.3 Å². The van der Waals surface area contributed by atoms with Crippen molar-refractivity contribution < 1.29 is 9.90 Å². The molecule has 0 spiro atoms. The summed E-state index contributed by atoms with van der Waals surface area (Å²) in [6, 6.07) is 6.56. The smallest absolute Gasteiger partial charge is 0.253 e. The fourth-order valence-electron chi connectivity index (χ4n) is 1.05. The van der Waals surface area contributed by atoms with Crippen molar-refractivity contribution in [1.29, 1.82) is 0 Å². The Morgan fingerprint density at radius 1 is 1.57 bits per heavy atom. The Labute approximate surface area is 82.7 Å². The van der Waals surface area contributed by atoms with E-state index in [9.17, 15) is 4.79 Å². The molecule has 0 unspecified atom stereocenters. The first kappa shape index (κ1) is 10.5. The number of nitrogens with two attached hydrogens (primary N) is 1. The Morgan fingerprint density at radius 2 is 2.21 bits per heavy atom. The predicted molar refractivity (Wildman–Crippen MR) is 54.9 cm³/mol. The van der Waals surface area contributed by atoms with Gasteiger partial charge in [0.25, 0.3) is 5.91 Å². The van der Waals surface area contributed by atoms with Crippen LogP contribution in [0.3, 0.4) is 0 Å². The minimum Gasteiger partial charge on any atom is -0.398 e. The van der Waals surface area contributed by atoms with Crippen molar-refractivity contribution in [3.8, 4) is 0 Å². The number of carbonyl (C=O) groups excluding carboxylic acids is 1. The van der Waals surface area contributed by atoms with Gasteiger partial charge in [0.15, 0.2) is 0 Å². The van der Waals surface area contributed by atoms with Gasteiger partial charge in [0, 0.05) is 11.7 Å². The van der Waals surface area contributed by atoms with Crippen LogP contribution in [0.15, 0.2) is 24.3 Å². The van der Waals surface area contributed by atoms with E-state index in [4.69, 9.17) is 10.8 Å². The van der Waals surface area contributed by atoms with E-state index in [0.29, 0.717) is 11.3 Å². The highest BCUT2D eigenvalue weighted by molar-refractivity contribution is 5.99. The Morgan fingerprint density at radius 3 is 2.79 bits per heavy atom. The zero-order valence-corrected chi connectivity index (χ0v) is 8.03. The van der Waals surface area contributed by atoms with Crippen LogP contribution in [0.25, 0.3) is 0 Å². The zero-order chi connectivity index (χ0) is 10.6. The van der Waals surface area contributed by atoms with Crippen LogP contribution in [-0.2, 0) is 0 Å². The van der Waals surface area contributed by atoms with E-state index in [2.05, 4.69) is 5.32 Å². The summed E-state index contributed by atoms with van der Waals surface area (Å²) in [7, 11) is 0. The lowest BCUT2D eigenvalue weighted by Crippen LogP contribution is -2.35. The molecule has 0 aliphatic carbocycles. The van der Waals surface area contributed by atoms with Gasteiger partial charge in [-0.05, 0) is 19.1 Å². The van der Waals surface area contributed by atoms with Crippen LogP contribution in [-0.4, -0.2) is 23.7 Å². The van der Waals surface area contributed by atoms with Crippen LogP contribution >= 0.6 is 0 Å². The minimum atomic E-state index is -0.262. The topological polar surface area (TPSA) is 75.3 Å². The normalized spacial score (nSPS) is 12.1. The van der Waals surface area contributed by atoms with Crippen molar-refractivity contribution in [3.63, 3.8) is 0 Å². The minimum absolute atomic E-state index is 0.0848. The first-order valence-electron chi connectivity index (χ1n) is 4.41. The van der Waals surface area contributed by atoms with Crippen LogP contribution < -0.4 is 11.1 Å². The molecule has 1 aromatic carbocycles. The van der Waals surface area contributed by atoms with Gasteiger partial charge in [-0.3, -0.25) is 4.79 Å². The first-order valence-corrected chi connectivity index (χ1v) is 4.41. The number of hydrogen-bond acceptors (Lipinski definition) is 3. The lowest BCUT2D eigenvalue weighted by atomic mass is 10.1. The molecular formula is C10H14N2O2. The number of hydrogen-bond donors (Lipinski definition) is 3. The van der Waals surface area contributed by atoms with Crippen LogP contribution in [0, 0.1) is 0 Å². The van der Waals surface area contributed by atoms with Gasteiger partial charge in [-0.25, -0.2) is 0 Å². The Balaban J connectivity index is 2.75. The highest BCUT2D eigenvalue weighted by Crippen LogP contribution is 2.09. The van der Waals surface area contributed by atoms with Crippen LogP contribution in [0.5, 0.6) is 0 Å². The molecule has 0 heterocycles.